The quantitative estimate of drug-likeness (QED) is 0.543. The van der Waals surface area contributed by atoms with E-state index < -0.39 is 58.9 Å². The molecule has 1 unspecified atom stereocenters. The van der Waals surface area contributed by atoms with Crippen LogP contribution in [0.3, 0.4) is 0 Å². The third kappa shape index (κ3) is 2.54. The highest BCUT2D eigenvalue weighted by Gasteiger charge is 2.81. The molecule has 1 saturated heterocycles. The summed E-state index contributed by atoms with van der Waals surface area (Å²) < 4.78 is 120. The highest BCUT2D eigenvalue weighted by Crippen LogP contribution is 2.53. The highest BCUT2D eigenvalue weighted by atomic mass is 32.3. The Bertz CT molecular complexity index is 622. The Kier molecular flexibility index (Phi) is 4.88. The minimum Gasteiger partial charge on any atom is -0.295 e. The van der Waals surface area contributed by atoms with Gasteiger partial charge in [0.25, 0.3) is 0 Å². The van der Waals surface area contributed by atoms with Crippen LogP contribution in [0.2, 0.25) is 0 Å². The summed E-state index contributed by atoms with van der Waals surface area (Å²) in [6.45, 7) is 0.538. The van der Waals surface area contributed by atoms with Crippen LogP contribution in [0.5, 0.6) is 0 Å². The third-order valence-corrected chi connectivity index (χ3v) is 9.64. The Balaban J connectivity index is 3.94. The molecule has 5 nitrogen and oxygen atoms in total. The number of alkyl halides is 6. The molecule has 138 valence electrons. The zero-order chi connectivity index (χ0) is 18.5. The first-order chi connectivity index (χ1) is 10.0. The van der Waals surface area contributed by atoms with E-state index in [2.05, 4.69) is 0 Å². The first kappa shape index (κ1) is 20.5. The molecule has 1 rings (SSSR count). The van der Waals surface area contributed by atoms with Gasteiger partial charge in [-0.05, 0) is 6.42 Å². The minimum absolute atomic E-state index is 0.0129. The van der Waals surface area contributed by atoms with Crippen LogP contribution in [0.25, 0.3) is 0 Å². The van der Waals surface area contributed by atoms with Gasteiger partial charge < -0.3 is 0 Å². The van der Waals surface area contributed by atoms with Gasteiger partial charge in [-0.15, -0.1) is 0 Å². The van der Waals surface area contributed by atoms with Crippen molar-refractivity contribution in [3.05, 3.63) is 0 Å². The molecular formula is C10H16F6NO4S2+. The lowest BCUT2D eigenvalue weighted by Crippen LogP contribution is -2.70. The molecule has 0 aromatic rings. The van der Waals surface area contributed by atoms with Gasteiger partial charge in [0, 0.05) is 12.8 Å². The number of sulfone groups is 2. The van der Waals surface area contributed by atoms with Crippen LogP contribution in [-0.4, -0.2) is 56.7 Å². The van der Waals surface area contributed by atoms with Crippen molar-refractivity contribution in [3.8, 4) is 0 Å². The molecule has 1 aliphatic heterocycles. The minimum atomic E-state index is -6.64. The largest absolute Gasteiger partial charge is 0.504 e. The summed E-state index contributed by atoms with van der Waals surface area (Å²) in [7, 11) is -12.5. The Morgan fingerprint density at radius 2 is 1.35 bits per heavy atom. The lowest BCUT2D eigenvalue weighted by molar-refractivity contribution is -0.918. The van der Waals surface area contributed by atoms with Crippen molar-refractivity contribution in [2.24, 2.45) is 0 Å². The number of quaternary nitrogens is 1. The molecule has 0 aromatic carbocycles. The monoisotopic (exact) mass is 392 g/mol. The van der Waals surface area contributed by atoms with Crippen molar-refractivity contribution in [2.45, 2.75) is 41.4 Å². The van der Waals surface area contributed by atoms with Crippen LogP contribution < -0.4 is 0 Å². The first-order valence-corrected chi connectivity index (χ1v) is 9.45. The van der Waals surface area contributed by atoms with Gasteiger partial charge >= 0.3 is 34.9 Å². The molecule has 0 amide bonds. The van der Waals surface area contributed by atoms with Crippen LogP contribution in [0.4, 0.5) is 26.3 Å². The molecular weight excluding hydrogens is 376 g/mol. The summed E-state index contributed by atoms with van der Waals surface area (Å²) in [5.74, 6) is 0. The number of hydrogen-bond donors (Lipinski definition) is 0. The molecule has 0 bridgehead atoms. The van der Waals surface area contributed by atoms with E-state index in [1.165, 1.54) is 6.92 Å². The second-order valence-electron chi connectivity index (χ2n) is 5.56. The number of halogens is 6. The summed E-state index contributed by atoms with van der Waals surface area (Å²) in [6.07, 6.45) is -1.63. The summed E-state index contributed by atoms with van der Waals surface area (Å²) in [5, 5.41) is 0. The van der Waals surface area contributed by atoms with E-state index in [0.29, 0.717) is 0 Å². The fourth-order valence-corrected chi connectivity index (χ4v) is 8.02. The predicted molar refractivity (Wildman–Crippen MR) is 68.1 cm³/mol. The second kappa shape index (κ2) is 5.48. The topological polar surface area (TPSA) is 68.3 Å². The van der Waals surface area contributed by atoms with E-state index in [1.807, 2.05) is 0 Å². The molecule has 0 aromatic heterocycles. The van der Waals surface area contributed by atoms with Gasteiger partial charge in [-0.1, -0.05) is 6.92 Å². The van der Waals surface area contributed by atoms with E-state index in [9.17, 15) is 43.2 Å². The summed E-state index contributed by atoms with van der Waals surface area (Å²) in [5.41, 5.74) is -12.2. The fourth-order valence-electron chi connectivity index (χ4n) is 3.22. The van der Waals surface area contributed by atoms with E-state index in [-0.39, 0.29) is 12.8 Å². The summed E-state index contributed by atoms with van der Waals surface area (Å²) >= 11 is 0. The van der Waals surface area contributed by atoms with Gasteiger partial charge in [0.15, 0.2) is 0 Å². The maximum Gasteiger partial charge on any atom is 0.504 e. The molecule has 1 atom stereocenters. The molecule has 13 heteroatoms. The maximum absolute atomic E-state index is 13.0. The molecule has 0 aliphatic carbocycles. The fraction of sp³-hybridized carbons (Fsp3) is 1.00. The van der Waals surface area contributed by atoms with Gasteiger partial charge in [0.2, 0.25) is 0 Å². The van der Waals surface area contributed by atoms with Crippen LogP contribution in [0, 0.1) is 0 Å². The number of rotatable bonds is 4. The average Bonchev–Trinajstić information content (AvgIpc) is 2.65. The zero-order valence-electron chi connectivity index (χ0n) is 12.2. The SMILES string of the molecule is CCC[N+]1(C)CCCC1(S(=O)(=O)C(F)(F)F)S(=O)(=O)C(F)(F)F. The summed E-state index contributed by atoms with van der Waals surface area (Å²) in [4.78, 5) is 0. The van der Waals surface area contributed by atoms with Crippen molar-refractivity contribution in [1.29, 1.82) is 0 Å². The molecule has 1 fully saturated rings. The average molecular weight is 392 g/mol. The van der Waals surface area contributed by atoms with Gasteiger partial charge in [-0.3, -0.25) is 4.48 Å². The molecule has 1 aliphatic rings. The molecule has 0 radical (unpaired) electrons. The van der Waals surface area contributed by atoms with Gasteiger partial charge in [0.05, 0.1) is 20.1 Å². The van der Waals surface area contributed by atoms with Crippen molar-refractivity contribution in [1.82, 2.24) is 0 Å². The standard InChI is InChI=1S/C10H16F6NO4S2/c1-3-6-17(2)7-4-5-8(17,22(18,19)9(11,12)13)23(20,21)10(14,15)16/h3-7H2,1-2H3/q+1. The van der Waals surface area contributed by atoms with Gasteiger partial charge in [0.1, 0.15) is 0 Å². The second-order valence-corrected chi connectivity index (χ2v) is 10.1. The van der Waals surface area contributed by atoms with Crippen LogP contribution in [-0.2, 0) is 19.7 Å². The Morgan fingerprint density at radius 1 is 0.957 bits per heavy atom. The smallest absolute Gasteiger partial charge is 0.295 e. The van der Waals surface area contributed by atoms with E-state index in [0.717, 1.165) is 7.05 Å². The lowest BCUT2D eigenvalue weighted by atomic mass is 10.4. The van der Waals surface area contributed by atoms with Crippen LogP contribution in [0.1, 0.15) is 26.2 Å². The van der Waals surface area contributed by atoms with Crippen molar-refractivity contribution in [3.63, 3.8) is 0 Å². The van der Waals surface area contributed by atoms with Crippen molar-refractivity contribution >= 4 is 19.7 Å². The van der Waals surface area contributed by atoms with E-state index in [1.54, 1.807) is 0 Å². The van der Waals surface area contributed by atoms with E-state index >= 15 is 0 Å². The third-order valence-electron chi connectivity index (χ3n) is 4.13. The first-order valence-electron chi connectivity index (χ1n) is 6.48. The van der Waals surface area contributed by atoms with Gasteiger partial charge in [-0.2, -0.15) is 26.3 Å². The molecule has 1 heterocycles. The molecule has 0 spiro atoms. The molecule has 0 N–H and O–H groups in total. The lowest BCUT2D eigenvalue weighted by Gasteiger charge is -2.44. The summed E-state index contributed by atoms with van der Waals surface area (Å²) in [6, 6.07) is 0. The number of likely N-dealkylation sites (tertiary alicyclic amines) is 1. The van der Waals surface area contributed by atoms with Gasteiger partial charge in [-0.25, -0.2) is 16.8 Å². The molecule has 0 saturated carbocycles. The predicted octanol–water partition coefficient (Wildman–Crippen LogP) is 2.16. The number of nitrogens with zero attached hydrogens (tertiary/aromatic N) is 1. The van der Waals surface area contributed by atoms with E-state index in [4.69, 9.17) is 0 Å². The maximum atomic E-state index is 13.0. The highest BCUT2D eigenvalue weighted by molar-refractivity contribution is 8.10. The van der Waals surface area contributed by atoms with Crippen LogP contribution in [0.15, 0.2) is 0 Å². The van der Waals surface area contributed by atoms with Crippen molar-refractivity contribution in [2.75, 3.05) is 20.1 Å². The Hall–Kier alpha value is -0.560. The Morgan fingerprint density at radius 3 is 1.65 bits per heavy atom. The molecule has 23 heavy (non-hydrogen) atoms. The number of hydrogen-bond acceptors (Lipinski definition) is 4. The zero-order valence-corrected chi connectivity index (χ0v) is 13.8. The van der Waals surface area contributed by atoms with Crippen LogP contribution >= 0.6 is 0 Å². The van der Waals surface area contributed by atoms with Crippen molar-refractivity contribution < 1.29 is 47.7 Å². The Labute approximate surface area is 129 Å². The normalized spacial score (nSPS) is 26.4.